The molecule has 0 amide bonds. The predicted molar refractivity (Wildman–Crippen MR) is 118 cm³/mol. The normalized spacial score (nSPS) is 11.4. The Labute approximate surface area is 183 Å². The van der Waals surface area contributed by atoms with Crippen LogP contribution < -0.4 is 20.1 Å². The van der Waals surface area contributed by atoms with Crippen LogP contribution in [0.25, 0.3) is 0 Å². The fraction of sp³-hybridized carbons (Fsp3) is 0.632. The largest absolute Gasteiger partial charge is 0.493 e. The van der Waals surface area contributed by atoms with Crippen molar-refractivity contribution in [1.82, 2.24) is 10.6 Å². The second-order valence-corrected chi connectivity index (χ2v) is 6.31. The lowest BCUT2D eigenvalue weighted by molar-refractivity contribution is -0.0512. The summed E-state index contributed by atoms with van der Waals surface area (Å²) in [5, 5.41) is 6.38. The predicted octanol–water partition coefficient (Wildman–Crippen LogP) is 4.03. The number of hydrogen-bond acceptors (Lipinski definition) is 4. The number of aliphatic imine (C=N–C) groups is 1. The topological polar surface area (TPSA) is 64.1 Å². The minimum Gasteiger partial charge on any atom is -0.493 e. The van der Waals surface area contributed by atoms with Gasteiger partial charge in [-0.2, -0.15) is 8.78 Å². The molecule has 162 valence electrons. The summed E-state index contributed by atoms with van der Waals surface area (Å²) in [7, 11) is 1.41. The van der Waals surface area contributed by atoms with Crippen molar-refractivity contribution in [2.24, 2.45) is 10.9 Å². The number of ether oxygens (including phenoxy) is 3. The van der Waals surface area contributed by atoms with Gasteiger partial charge in [0.15, 0.2) is 17.5 Å². The molecule has 0 aliphatic carbocycles. The molecule has 0 atom stereocenters. The van der Waals surface area contributed by atoms with Crippen LogP contribution in [-0.4, -0.2) is 46.0 Å². The molecule has 0 bridgehead atoms. The number of nitrogens with zero attached hydrogens (tertiary/aromatic N) is 1. The molecule has 0 aliphatic heterocycles. The first-order valence-electron chi connectivity index (χ1n) is 9.17. The standard InChI is InChI=1S/C19H31F2N3O3.HI/c1-5-22-19(23-9-6-10-26-13-14(2)3)24-12-15-7-8-16(25-4)17(11-15)27-18(20)21;/h7-8,11,14,18H,5-6,9-10,12-13H2,1-4H3,(H2,22,23,24);1H. The van der Waals surface area contributed by atoms with Crippen molar-refractivity contribution in [3.63, 3.8) is 0 Å². The lowest BCUT2D eigenvalue weighted by atomic mass is 10.2. The van der Waals surface area contributed by atoms with Gasteiger partial charge in [0.25, 0.3) is 0 Å². The lowest BCUT2D eigenvalue weighted by Gasteiger charge is -2.13. The summed E-state index contributed by atoms with van der Waals surface area (Å²) in [5.41, 5.74) is 0.740. The van der Waals surface area contributed by atoms with Crippen LogP contribution in [-0.2, 0) is 11.3 Å². The fourth-order valence-corrected chi connectivity index (χ4v) is 2.22. The summed E-state index contributed by atoms with van der Waals surface area (Å²) < 4.78 is 40.1. The van der Waals surface area contributed by atoms with Crippen LogP contribution in [0.2, 0.25) is 0 Å². The average Bonchev–Trinajstić information content (AvgIpc) is 2.61. The number of hydrogen-bond donors (Lipinski definition) is 2. The number of benzene rings is 1. The van der Waals surface area contributed by atoms with Crippen LogP contribution in [0.1, 0.15) is 32.8 Å². The van der Waals surface area contributed by atoms with Gasteiger partial charge in [-0.15, -0.1) is 24.0 Å². The molecule has 1 aromatic carbocycles. The highest BCUT2D eigenvalue weighted by atomic mass is 127. The van der Waals surface area contributed by atoms with Crippen LogP contribution in [0.4, 0.5) is 8.78 Å². The van der Waals surface area contributed by atoms with Crippen LogP contribution in [0, 0.1) is 5.92 Å². The van der Waals surface area contributed by atoms with E-state index in [1.54, 1.807) is 12.1 Å². The van der Waals surface area contributed by atoms with E-state index < -0.39 is 6.61 Å². The second-order valence-electron chi connectivity index (χ2n) is 6.31. The molecule has 0 saturated heterocycles. The maximum Gasteiger partial charge on any atom is 0.387 e. The van der Waals surface area contributed by atoms with Gasteiger partial charge in [0, 0.05) is 26.3 Å². The van der Waals surface area contributed by atoms with Gasteiger partial charge in [-0.25, -0.2) is 4.99 Å². The van der Waals surface area contributed by atoms with Crippen LogP contribution in [0.3, 0.4) is 0 Å². The molecule has 2 N–H and O–H groups in total. The molecule has 0 aliphatic rings. The van der Waals surface area contributed by atoms with Gasteiger partial charge in [0.05, 0.1) is 13.7 Å². The Morgan fingerprint density at radius 1 is 1.18 bits per heavy atom. The zero-order valence-electron chi connectivity index (χ0n) is 17.0. The smallest absolute Gasteiger partial charge is 0.387 e. The molecule has 6 nitrogen and oxygen atoms in total. The highest BCUT2D eigenvalue weighted by Gasteiger charge is 2.11. The van der Waals surface area contributed by atoms with Crippen molar-refractivity contribution in [3.05, 3.63) is 23.8 Å². The maximum atomic E-state index is 12.5. The SMILES string of the molecule is CCNC(=NCc1ccc(OC)c(OC(F)F)c1)NCCCOCC(C)C.I. The van der Waals surface area contributed by atoms with Gasteiger partial charge in [-0.1, -0.05) is 19.9 Å². The third kappa shape index (κ3) is 11.5. The first-order valence-corrected chi connectivity index (χ1v) is 9.17. The van der Waals surface area contributed by atoms with E-state index in [-0.39, 0.29) is 35.5 Å². The van der Waals surface area contributed by atoms with E-state index in [1.807, 2.05) is 6.92 Å². The summed E-state index contributed by atoms with van der Waals surface area (Å²) in [5.74, 6) is 1.45. The Hall–Kier alpha value is -1.36. The Balaban J connectivity index is 0.00000729. The van der Waals surface area contributed by atoms with E-state index in [1.165, 1.54) is 13.2 Å². The van der Waals surface area contributed by atoms with E-state index in [0.29, 0.717) is 25.0 Å². The van der Waals surface area contributed by atoms with Gasteiger partial charge in [0.2, 0.25) is 0 Å². The molecule has 0 spiro atoms. The van der Waals surface area contributed by atoms with Crippen molar-refractivity contribution in [1.29, 1.82) is 0 Å². The second kappa shape index (κ2) is 15.5. The minimum atomic E-state index is -2.91. The summed E-state index contributed by atoms with van der Waals surface area (Å²) in [4.78, 5) is 4.48. The molecule has 1 rings (SSSR count). The monoisotopic (exact) mass is 515 g/mol. The molecule has 0 fully saturated rings. The van der Waals surface area contributed by atoms with Gasteiger partial charge in [0.1, 0.15) is 0 Å². The Bertz CT molecular complexity index is 575. The zero-order chi connectivity index (χ0) is 20.1. The number of guanidine groups is 1. The van der Waals surface area contributed by atoms with E-state index in [4.69, 9.17) is 9.47 Å². The van der Waals surface area contributed by atoms with Crippen LogP contribution in [0.15, 0.2) is 23.2 Å². The highest BCUT2D eigenvalue weighted by molar-refractivity contribution is 14.0. The number of alkyl halides is 2. The van der Waals surface area contributed by atoms with Crippen molar-refractivity contribution in [3.8, 4) is 11.5 Å². The van der Waals surface area contributed by atoms with E-state index in [2.05, 4.69) is 34.2 Å². The zero-order valence-corrected chi connectivity index (χ0v) is 19.3. The van der Waals surface area contributed by atoms with Crippen LogP contribution in [0.5, 0.6) is 11.5 Å². The van der Waals surface area contributed by atoms with Gasteiger partial charge >= 0.3 is 6.61 Å². The summed E-state index contributed by atoms with van der Waals surface area (Å²) in [6.45, 7) is 6.52. The van der Waals surface area contributed by atoms with Crippen molar-refractivity contribution in [2.75, 3.05) is 33.4 Å². The van der Waals surface area contributed by atoms with Crippen LogP contribution >= 0.6 is 24.0 Å². The van der Waals surface area contributed by atoms with Gasteiger partial charge in [-0.3, -0.25) is 0 Å². The van der Waals surface area contributed by atoms with Crippen molar-refractivity contribution in [2.45, 2.75) is 40.3 Å². The highest BCUT2D eigenvalue weighted by Crippen LogP contribution is 2.29. The molecular formula is C19H32F2IN3O3. The summed E-state index contributed by atoms with van der Waals surface area (Å²) >= 11 is 0. The van der Waals surface area contributed by atoms with Gasteiger partial charge < -0.3 is 24.8 Å². The molecule has 28 heavy (non-hydrogen) atoms. The average molecular weight is 515 g/mol. The van der Waals surface area contributed by atoms with Gasteiger partial charge in [-0.05, 0) is 37.0 Å². The lowest BCUT2D eigenvalue weighted by Crippen LogP contribution is -2.38. The van der Waals surface area contributed by atoms with Crippen molar-refractivity contribution >= 4 is 29.9 Å². The van der Waals surface area contributed by atoms with E-state index in [0.717, 1.165) is 31.7 Å². The third-order valence-electron chi connectivity index (χ3n) is 3.42. The van der Waals surface area contributed by atoms with E-state index in [9.17, 15) is 8.78 Å². The number of rotatable bonds is 12. The Morgan fingerprint density at radius 2 is 1.93 bits per heavy atom. The molecule has 1 aromatic rings. The summed E-state index contributed by atoms with van der Waals surface area (Å²) in [6.07, 6.45) is 0.867. The quantitative estimate of drug-likeness (QED) is 0.191. The molecule has 9 heteroatoms. The molecule has 0 unspecified atom stereocenters. The fourth-order valence-electron chi connectivity index (χ4n) is 2.22. The molecular weight excluding hydrogens is 483 g/mol. The minimum absolute atomic E-state index is 0. The number of nitrogens with one attached hydrogen (secondary N) is 2. The molecule has 0 radical (unpaired) electrons. The molecule has 0 heterocycles. The number of halogens is 3. The first-order chi connectivity index (χ1) is 13.0. The molecule has 0 saturated carbocycles. The maximum absolute atomic E-state index is 12.5. The third-order valence-corrected chi connectivity index (χ3v) is 3.42. The Morgan fingerprint density at radius 3 is 2.54 bits per heavy atom. The summed E-state index contributed by atoms with van der Waals surface area (Å²) in [6, 6.07) is 4.87. The Kier molecular flexibility index (Phi) is 14.8. The molecule has 0 aromatic heterocycles. The number of methoxy groups -OCH3 is 1. The van der Waals surface area contributed by atoms with E-state index >= 15 is 0 Å². The first kappa shape index (κ1) is 26.6. The van der Waals surface area contributed by atoms with Crippen molar-refractivity contribution < 1.29 is 23.0 Å².